The quantitative estimate of drug-likeness (QED) is 0.860. The van der Waals surface area contributed by atoms with Crippen molar-refractivity contribution in [1.29, 1.82) is 5.26 Å². The van der Waals surface area contributed by atoms with Gasteiger partial charge < -0.3 is 5.32 Å². The second-order valence-corrected chi connectivity index (χ2v) is 7.31. The number of fused-ring (bicyclic) bond motifs is 1. The Bertz CT molecular complexity index is 826. The van der Waals surface area contributed by atoms with Crippen LogP contribution in [-0.4, -0.2) is 16.1 Å². The highest BCUT2D eigenvalue weighted by molar-refractivity contribution is 8.00. The molecule has 1 aromatic carbocycles. The van der Waals surface area contributed by atoms with Crippen LogP contribution in [0.3, 0.4) is 0 Å². The summed E-state index contributed by atoms with van der Waals surface area (Å²) in [5.41, 5.74) is 4.65. The number of aromatic nitrogens is 1. The summed E-state index contributed by atoms with van der Waals surface area (Å²) in [5.74, 6) is -0.0829. The topological polar surface area (TPSA) is 65.8 Å². The van der Waals surface area contributed by atoms with Gasteiger partial charge in [0, 0.05) is 11.4 Å². The van der Waals surface area contributed by atoms with E-state index in [2.05, 4.69) is 16.4 Å². The van der Waals surface area contributed by atoms with Crippen molar-refractivity contribution in [3.05, 3.63) is 52.7 Å². The standard InChI is InChI=1S/C19H19N3OS/c1-12-6-3-4-8-16(12)21-18(23)13(2)24-19-15(11-20)10-14-7-5-9-17(14)22-19/h3-4,6,8,10,13H,5,7,9H2,1-2H3,(H,21,23). The van der Waals surface area contributed by atoms with E-state index in [9.17, 15) is 10.1 Å². The number of anilines is 1. The van der Waals surface area contributed by atoms with Crippen LogP contribution in [0.15, 0.2) is 35.4 Å². The highest BCUT2D eigenvalue weighted by Crippen LogP contribution is 2.30. The Morgan fingerprint density at radius 1 is 1.38 bits per heavy atom. The number of benzene rings is 1. The van der Waals surface area contributed by atoms with Crippen molar-refractivity contribution in [2.45, 2.75) is 43.4 Å². The molecule has 1 heterocycles. The van der Waals surface area contributed by atoms with Crippen LogP contribution in [0.5, 0.6) is 0 Å². The molecule has 4 nitrogen and oxygen atoms in total. The first-order chi connectivity index (χ1) is 11.6. The molecule has 122 valence electrons. The first-order valence-corrected chi connectivity index (χ1v) is 8.92. The second kappa shape index (κ2) is 7.06. The molecule has 1 aliphatic carbocycles. The van der Waals surface area contributed by atoms with Gasteiger partial charge in [-0.25, -0.2) is 4.98 Å². The number of nitrogens with zero attached hydrogens (tertiary/aromatic N) is 2. The first-order valence-electron chi connectivity index (χ1n) is 8.04. The van der Waals surface area contributed by atoms with Gasteiger partial charge in [-0.3, -0.25) is 4.79 Å². The van der Waals surface area contributed by atoms with Crippen molar-refractivity contribution in [3.63, 3.8) is 0 Å². The van der Waals surface area contributed by atoms with Gasteiger partial charge in [0.25, 0.3) is 0 Å². The van der Waals surface area contributed by atoms with Crippen LogP contribution in [0.1, 0.15) is 35.7 Å². The summed E-state index contributed by atoms with van der Waals surface area (Å²) in [5, 5.41) is 12.6. The highest BCUT2D eigenvalue weighted by Gasteiger charge is 2.21. The molecule has 3 rings (SSSR count). The van der Waals surface area contributed by atoms with Crippen molar-refractivity contribution >= 4 is 23.4 Å². The third-order valence-corrected chi connectivity index (χ3v) is 5.30. The maximum absolute atomic E-state index is 12.5. The van der Waals surface area contributed by atoms with E-state index >= 15 is 0 Å². The molecule has 1 N–H and O–H groups in total. The van der Waals surface area contributed by atoms with Crippen LogP contribution in [0.2, 0.25) is 0 Å². The van der Waals surface area contributed by atoms with Gasteiger partial charge in [0.05, 0.1) is 10.8 Å². The van der Waals surface area contributed by atoms with E-state index in [1.54, 1.807) is 0 Å². The summed E-state index contributed by atoms with van der Waals surface area (Å²) in [6.07, 6.45) is 3.04. The predicted molar refractivity (Wildman–Crippen MR) is 96.1 cm³/mol. The number of nitriles is 1. The van der Waals surface area contributed by atoms with Gasteiger partial charge in [-0.15, -0.1) is 0 Å². The fraction of sp³-hybridized carbons (Fsp3) is 0.316. The van der Waals surface area contributed by atoms with Gasteiger partial charge in [0.1, 0.15) is 11.1 Å². The van der Waals surface area contributed by atoms with E-state index in [-0.39, 0.29) is 11.2 Å². The van der Waals surface area contributed by atoms with Crippen LogP contribution in [0.4, 0.5) is 5.69 Å². The summed E-state index contributed by atoms with van der Waals surface area (Å²) in [7, 11) is 0. The number of aryl methyl sites for hydroxylation is 3. The molecule has 24 heavy (non-hydrogen) atoms. The Kier molecular flexibility index (Phi) is 4.86. The number of pyridine rings is 1. The zero-order chi connectivity index (χ0) is 17.1. The second-order valence-electron chi connectivity index (χ2n) is 5.98. The molecule has 2 aromatic rings. The number of nitrogens with one attached hydrogen (secondary N) is 1. The fourth-order valence-electron chi connectivity index (χ4n) is 2.79. The molecule has 1 aromatic heterocycles. The molecule has 1 unspecified atom stereocenters. The van der Waals surface area contributed by atoms with E-state index in [1.165, 1.54) is 17.3 Å². The predicted octanol–water partition coefficient (Wildman–Crippen LogP) is 3.87. The van der Waals surface area contributed by atoms with Crippen LogP contribution in [0, 0.1) is 18.3 Å². The third-order valence-electron chi connectivity index (χ3n) is 4.20. The van der Waals surface area contributed by atoms with Crippen LogP contribution >= 0.6 is 11.8 Å². The van der Waals surface area contributed by atoms with Crippen LogP contribution in [0.25, 0.3) is 0 Å². The molecule has 5 heteroatoms. The molecule has 1 aliphatic rings. The minimum atomic E-state index is -0.330. The molecule has 1 atom stereocenters. The Balaban J connectivity index is 1.75. The van der Waals surface area contributed by atoms with Gasteiger partial charge in [0.2, 0.25) is 5.91 Å². The third kappa shape index (κ3) is 3.44. The maximum Gasteiger partial charge on any atom is 0.237 e. The van der Waals surface area contributed by atoms with E-state index in [1.807, 2.05) is 44.2 Å². The summed E-state index contributed by atoms with van der Waals surface area (Å²) in [6, 6.07) is 11.8. The number of hydrogen-bond acceptors (Lipinski definition) is 4. The van der Waals surface area contributed by atoms with Crippen molar-refractivity contribution in [2.24, 2.45) is 0 Å². The number of para-hydroxylation sites is 1. The average Bonchev–Trinajstić information content (AvgIpc) is 3.03. The lowest BCUT2D eigenvalue weighted by Crippen LogP contribution is -2.23. The molecular formula is C19H19N3OS. The summed E-state index contributed by atoms with van der Waals surface area (Å²) < 4.78 is 0. The number of rotatable bonds is 4. The molecule has 0 radical (unpaired) electrons. The van der Waals surface area contributed by atoms with Gasteiger partial charge >= 0.3 is 0 Å². The van der Waals surface area contributed by atoms with Crippen molar-refractivity contribution in [3.8, 4) is 6.07 Å². The minimum absolute atomic E-state index is 0.0829. The molecule has 0 bridgehead atoms. The monoisotopic (exact) mass is 337 g/mol. The molecule has 0 aliphatic heterocycles. The number of thioether (sulfide) groups is 1. The maximum atomic E-state index is 12.5. The van der Waals surface area contributed by atoms with E-state index in [4.69, 9.17) is 0 Å². The van der Waals surface area contributed by atoms with Crippen molar-refractivity contribution < 1.29 is 4.79 Å². The number of carbonyl (C=O) groups excluding carboxylic acids is 1. The Morgan fingerprint density at radius 3 is 2.92 bits per heavy atom. The summed E-state index contributed by atoms with van der Waals surface area (Å²) in [6.45, 7) is 3.80. The Morgan fingerprint density at radius 2 is 2.17 bits per heavy atom. The minimum Gasteiger partial charge on any atom is -0.325 e. The smallest absolute Gasteiger partial charge is 0.237 e. The number of hydrogen-bond donors (Lipinski definition) is 1. The first kappa shape index (κ1) is 16.5. The normalized spacial score (nSPS) is 13.9. The average molecular weight is 337 g/mol. The molecule has 0 saturated heterocycles. The lowest BCUT2D eigenvalue weighted by atomic mass is 10.2. The molecule has 0 saturated carbocycles. The van der Waals surface area contributed by atoms with Crippen LogP contribution in [-0.2, 0) is 17.6 Å². The molecule has 0 spiro atoms. The summed E-state index contributed by atoms with van der Waals surface area (Å²) >= 11 is 1.35. The Hall–Kier alpha value is -2.32. The zero-order valence-corrected chi connectivity index (χ0v) is 14.6. The lowest BCUT2D eigenvalue weighted by Gasteiger charge is -2.14. The largest absolute Gasteiger partial charge is 0.325 e. The summed E-state index contributed by atoms with van der Waals surface area (Å²) in [4.78, 5) is 17.1. The number of amides is 1. The highest BCUT2D eigenvalue weighted by atomic mass is 32.2. The van der Waals surface area contributed by atoms with Crippen molar-refractivity contribution in [2.75, 3.05) is 5.32 Å². The molecule has 1 amide bonds. The SMILES string of the molecule is Cc1ccccc1NC(=O)C(C)Sc1nc2c(cc1C#N)CCC2. The molecular weight excluding hydrogens is 318 g/mol. The Labute approximate surface area is 146 Å². The van der Waals surface area contributed by atoms with E-state index in [0.717, 1.165) is 36.2 Å². The van der Waals surface area contributed by atoms with Gasteiger partial charge in [-0.2, -0.15) is 5.26 Å². The van der Waals surface area contributed by atoms with Crippen LogP contribution < -0.4 is 5.32 Å². The van der Waals surface area contributed by atoms with Gasteiger partial charge in [-0.05, 0) is 56.4 Å². The lowest BCUT2D eigenvalue weighted by molar-refractivity contribution is -0.115. The fourth-order valence-corrected chi connectivity index (χ4v) is 3.69. The van der Waals surface area contributed by atoms with Crippen molar-refractivity contribution in [1.82, 2.24) is 4.98 Å². The van der Waals surface area contributed by atoms with Gasteiger partial charge in [-0.1, -0.05) is 30.0 Å². The number of carbonyl (C=O) groups is 1. The van der Waals surface area contributed by atoms with E-state index in [0.29, 0.717) is 10.6 Å². The zero-order valence-electron chi connectivity index (χ0n) is 13.8. The van der Waals surface area contributed by atoms with E-state index < -0.39 is 0 Å². The van der Waals surface area contributed by atoms with Gasteiger partial charge in [0.15, 0.2) is 0 Å². The molecule has 0 fully saturated rings.